The molecule has 0 saturated carbocycles. The molecule has 0 rings (SSSR count). The first-order valence-corrected chi connectivity index (χ1v) is 13.2. The summed E-state index contributed by atoms with van der Waals surface area (Å²) in [6, 6.07) is 0. The molecule has 2 heteroatoms. The van der Waals surface area contributed by atoms with E-state index in [4.69, 9.17) is 6.42 Å². The molecule has 0 bridgehead atoms. The first kappa shape index (κ1) is 30.0. The van der Waals surface area contributed by atoms with E-state index in [1.807, 2.05) is 0 Å². The van der Waals surface area contributed by atoms with Crippen molar-refractivity contribution < 1.29 is 10.2 Å². The minimum atomic E-state index is -0.924. The summed E-state index contributed by atoms with van der Waals surface area (Å²) in [7, 11) is 0. The Morgan fingerprint density at radius 1 is 0.774 bits per heavy atom. The van der Waals surface area contributed by atoms with Gasteiger partial charge in [-0.2, -0.15) is 0 Å². The molecule has 2 nitrogen and oxygen atoms in total. The summed E-state index contributed by atoms with van der Waals surface area (Å²) >= 11 is 0. The van der Waals surface area contributed by atoms with Crippen LogP contribution in [0.2, 0.25) is 0 Å². The van der Waals surface area contributed by atoms with Crippen molar-refractivity contribution in [3.63, 3.8) is 0 Å². The van der Waals surface area contributed by atoms with E-state index < -0.39 is 11.2 Å². The Bertz CT molecular complexity index is 519. The first-order valence-electron chi connectivity index (χ1n) is 13.2. The third kappa shape index (κ3) is 17.3. The lowest BCUT2D eigenvalue weighted by molar-refractivity contribution is 0.0788. The van der Waals surface area contributed by atoms with E-state index in [9.17, 15) is 10.2 Å². The summed E-state index contributed by atoms with van der Waals surface area (Å²) in [6.45, 7) is 8.27. The molecule has 0 radical (unpaired) electrons. The van der Waals surface area contributed by atoms with Crippen LogP contribution in [0.1, 0.15) is 143 Å². The van der Waals surface area contributed by atoms with Crippen molar-refractivity contribution in [2.75, 3.05) is 0 Å². The summed E-state index contributed by atoms with van der Waals surface area (Å²) in [4.78, 5) is 0. The lowest BCUT2D eigenvalue weighted by atomic mass is 9.87. The molecule has 180 valence electrons. The van der Waals surface area contributed by atoms with Gasteiger partial charge in [0.1, 0.15) is 11.2 Å². The normalized spacial score (nSPS) is 15.9. The fourth-order valence-corrected chi connectivity index (χ4v) is 4.13. The van der Waals surface area contributed by atoms with Crippen LogP contribution in [0.5, 0.6) is 0 Å². The molecule has 0 aromatic rings. The number of rotatable bonds is 19. The van der Waals surface area contributed by atoms with E-state index in [0.29, 0.717) is 6.42 Å². The molecule has 31 heavy (non-hydrogen) atoms. The minimum absolute atomic E-state index is 0.708. The van der Waals surface area contributed by atoms with E-state index in [1.165, 1.54) is 64.2 Å². The van der Waals surface area contributed by atoms with Gasteiger partial charge < -0.3 is 10.2 Å². The third-order valence-corrected chi connectivity index (χ3v) is 6.67. The van der Waals surface area contributed by atoms with Gasteiger partial charge in [0.25, 0.3) is 0 Å². The van der Waals surface area contributed by atoms with Crippen LogP contribution in [0.4, 0.5) is 0 Å². The van der Waals surface area contributed by atoms with Crippen LogP contribution >= 0.6 is 0 Å². The van der Waals surface area contributed by atoms with E-state index >= 15 is 0 Å². The molecule has 0 aromatic carbocycles. The zero-order chi connectivity index (χ0) is 23.4. The molecular weight excluding hydrogens is 380 g/mol. The lowest BCUT2D eigenvalue weighted by Gasteiger charge is -2.23. The molecule has 0 fully saturated rings. The SMILES string of the molecule is C#CC(C)(O)CCCCCCCCCCCCC#CC(O)(CC)CCC(CC)CCC. The van der Waals surface area contributed by atoms with Gasteiger partial charge in [-0.1, -0.05) is 103 Å². The Hall–Kier alpha value is -0.960. The quantitative estimate of drug-likeness (QED) is 0.161. The van der Waals surface area contributed by atoms with Crippen LogP contribution in [-0.2, 0) is 0 Å². The average molecular weight is 433 g/mol. The zero-order valence-electron chi connectivity index (χ0n) is 21.3. The average Bonchev–Trinajstić information content (AvgIpc) is 2.76. The largest absolute Gasteiger partial charge is 0.378 e. The number of unbranched alkanes of at least 4 members (excludes halogenated alkanes) is 10. The second-order valence-electron chi connectivity index (χ2n) is 9.74. The van der Waals surface area contributed by atoms with Crippen molar-refractivity contribution in [2.45, 2.75) is 154 Å². The third-order valence-electron chi connectivity index (χ3n) is 6.67. The summed E-state index contributed by atoms with van der Waals surface area (Å²) in [5.41, 5.74) is -1.70. The Morgan fingerprint density at radius 3 is 1.81 bits per heavy atom. The monoisotopic (exact) mass is 432 g/mol. The predicted octanol–water partition coefficient (Wildman–Crippen LogP) is 7.80. The molecule has 3 atom stereocenters. The van der Waals surface area contributed by atoms with Gasteiger partial charge in [-0.3, -0.25) is 0 Å². The van der Waals surface area contributed by atoms with E-state index in [0.717, 1.165) is 50.9 Å². The van der Waals surface area contributed by atoms with Crippen molar-refractivity contribution in [1.29, 1.82) is 0 Å². The highest BCUT2D eigenvalue weighted by atomic mass is 16.3. The fraction of sp³-hybridized carbons (Fsp3) is 0.862. The lowest BCUT2D eigenvalue weighted by Crippen LogP contribution is -2.26. The molecule has 3 unspecified atom stereocenters. The summed E-state index contributed by atoms with van der Waals surface area (Å²) in [6.07, 6.45) is 25.6. The highest BCUT2D eigenvalue weighted by Gasteiger charge is 2.22. The number of aliphatic hydroxyl groups is 2. The van der Waals surface area contributed by atoms with Crippen molar-refractivity contribution in [3.05, 3.63) is 0 Å². The van der Waals surface area contributed by atoms with Crippen molar-refractivity contribution in [3.8, 4) is 24.2 Å². The Kier molecular flexibility index (Phi) is 18.0. The van der Waals surface area contributed by atoms with E-state index in [-0.39, 0.29) is 0 Å². The van der Waals surface area contributed by atoms with Gasteiger partial charge in [-0.25, -0.2) is 0 Å². The Balaban J connectivity index is 3.71. The maximum Gasteiger partial charge on any atom is 0.125 e. The molecule has 2 N–H and O–H groups in total. The van der Waals surface area contributed by atoms with Gasteiger partial charge in [0, 0.05) is 6.42 Å². The predicted molar refractivity (Wildman–Crippen MR) is 136 cm³/mol. The number of hydrogen-bond donors (Lipinski definition) is 2. The molecule has 0 aliphatic rings. The number of hydrogen-bond acceptors (Lipinski definition) is 2. The van der Waals surface area contributed by atoms with Gasteiger partial charge in [-0.05, 0) is 51.4 Å². The molecule has 0 aliphatic carbocycles. The molecule has 0 spiro atoms. The van der Waals surface area contributed by atoms with Crippen molar-refractivity contribution in [2.24, 2.45) is 5.92 Å². The zero-order valence-corrected chi connectivity index (χ0v) is 21.3. The first-order chi connectivity index (χ1) is 14.8. The van der Waals surface area contributed by atoms with Gasteiger partial charge >= 0.3 is 0 Å². The van der Waals surface area contributed by atoms with Gasteiger partial charge in [0.15, 0.2) is 0 Å². The standard InChI is InChI=1S/C29H52O2/c1-6-22-27(7-2)23-26-29(31,9-4)25-21-19-17-15-13-11-10-12-14-16-18-20-24-28(5,30)8-3/h3,27,30-31H,6-7,9-20,22-24,26H2,1-2,4-5H3. The van der Waals surface area contributed by atoms with E-state index in [2.05, 4.69) is 38.5 Å². The van der Waals surface area contributed by atoms with Gasteiger partial charge in [0.05, 0.1) is 0 Å². The molecule has 0 saturated heterocycles. The van der Waals surface area contributed by atoms with Crippen LogP contribution in [0.15, 0.2) is 0 Å². The second kappa shape index (κ2) is 18.6. The molecule has 0 aromatic heterocycles. The Morgan fingerprint density at radius 2 is 1.32 bits per heavy atom. The molecule has 0 heterocycles. The van der Waals surface area contributed by atoms with Gasteiger partial charge in [-0.15, -0.1) is 12.3 Å². The van der Waals surface area contributed by atoms with Crippen molar-refractivity contribution >= 4 is 0 Å². The molecule has 0 aliphatic heterocycles. The van der Waals surface area contributed by atoms with Crippen LogP contribution in [-0.4, -0.2) is 21.4 Å². The highest BCUT2D eigenvalue weighted by Crippen LogP contribution is 2.24. The van der Waals surface area contributed by atoms with Crippen molar-refractivity contribution in [1.82, 2.24) is 0 Å². The second-order valence-corrected chi connectivity index (χ2v) is 9.74. The minimum Gasteiger partial charge on any atom is -0.378 e. The van der Waals surface area contributed by atoms with Crippen LogP contribution in [0, 0.1) is 30.1 Å². The maximum absolute atomic E-state index is 10.8. The molecule has 0 amide bonds. The highest BCUT2D eigenvalue weighted by molar-refractivity contribution is 5.13. The summed E-state index contributed by atoms with van der Waals surface area (Å²) in [5.74, 6) is 9.64. The van der Waals surface area contributed by atoms with Gasteiger partial charge in [0.2, 0.25) is 0 Å². The summed E-state index contributed by atoms with van der Waals surface area (Å²) in [5, 5.41) is 20.5. The number of terminal acetylenes is 1. The molecular formula is C29H52O2. The van der Waals surface area contributed by atoms with Crippen LogP contribution in [0.25, 0.3) is 0 Å². The fourth-order valence-electron chi connectivity index (χ4n) is 4.13. The Labute approximate surface area is 195 Å². The van der Waals surface area contributed by atoms with Crippen LogP contribution in [0.3, 0.4) is 0 Å². The van der Waals surface area contributed by atoms with Crippen LogP contribution < -0.4 is 0 Å². The smallest absolute Gasteiger partial charge is 0.125 e. The summed E-state index contributed by atoms with van der Waals surface area (Å²) < 4.78 is 0. The maximum atomic E-state index is 10.8. The van der Waals surface area contributed by atoms with E-state index in [1.54, 1.807) is 6.92 Å². The topological polar surface area (TPSA) is 40.5 Å².